The van der Waals surface area contributed by atoms with E-state index in [2.05, 4.69) is 31.1 Å². The minimum atomic E-state index is -0.201. The summed E-state index contributed by atoms with van der Waals surface area (Å²) in [5.74, 6) is 0.953. The van der Waals surface area contributed by atoms with Gasteiger partial charge in [0, 0.05) is 29.0 Å². The van der Waals surface area contributed by atoms with Crippen LogP contribution >= 0.6 is 15.9 Å². The number of aromatic nitrogens is 3. The highest BCUT2D eigenvalue weighted by Gasteiger charge is 2.34. The quantitative estimate of drug-likeness (QED) is 0.644. The Kier molecular flexibility index (Phi) is 4.55. The van der Waals surface area contributed by atoms with Crippen molar-refractivity contribution in [3.8, 4) is 11.4 Å². The van der Waals surface area contributed by atoms with E-state index in [-0.39, 0.29) is 11.9 Å². The fourth-order valence-corrected chi connectivity index (χ4v) is 3.52. The average molecular weight is 413 g/mol. The summed E-state index contributed by atoms with van der Waals surface area (Å²) >= 11 is 3.36. The van der Waals surface area contributed by atoms with Crippen LogP contribution in [0, 0.1) is 6.92 Å². The van der Waals surface area contributed by atoms with Gasteiger partial charge in [-0.25, -0.2) is 0 Å². The summed E-state index contributed by atoms with van der Waals surface area (Å²) in [5, 5.41) is 4.10. The third kappa shape index (κ3) is 3.26. The van der Waals surface area contributed by atoms with Gasteiger partial charge >= 0.3 is 0 Å². The molecule has 1 fully saturated rings. The summed E-state index contributed by atoms with van der Waals surface area (Å²) in [6.07, 6.45) is 4.95. The van der Waals surface area contributed by atoms with Crippen LogP contribution in [0.2, 0.25) is 0 Å². The second-order valence-corrected chi connectivity index (χ2v) is 7.29. The van der Waals surface area contributed by atoms with Gasteiger partial charge in [0.15, 0.2) is 0 Å². The summed E-state index contributed by atoms with van der Waals surface area (Å²) < 4.78 is 6.27. The number of hydrogen-bond donors (Lipinski definition) is 0. The minimum Gasteiger partial charge on any atom is -0.337 e. The molecule has 132 valence electrons. The molecule has 0 aliphatic carbocycles. The highest BCUT2D eigenvalue weighted by Crippen LogP contribution is 2.33. The standard InChI is InChI=1S/C19H17BrN4O2/c1-12-4-6-13(7-5-12)17-22-18(26-23-17)16-3-2-8-24(16)19(25)14-9-15(20)11-21-10-14/h4-7,9-11,16H,2-3,8H2,1H3/t16-/m0/s1. The Balaban J connectivity index is 1.59. The molecule has 0 N–H and O–H groups in total. The van der Waals surface area contributed by atoms with Crippen molar-refractivity contribution in [3.05, 3.63) is 64.2 Å². The third-order valence-electron chi connectivity index (χ3n) is 4.50. The largest absolute Gasteiger partial charge is 0.337 e. The molecule has 0 bridgehead atoms. The first kappa shape index (κ1) is 16.9. The lowest BCUT2D eigenvalue weighted by atomic mass is 10.1. The van der Waals surface area contributed by atoms with E-state index in [1.165, 1.54) is 5.56 Å². The number of likely N-dealkylation sites (tertiary alicyclic amines) is 1. The van der Waals surface area contributed by atoms with Gasteiger partial charge < -0.3 is 9.42 Å². The zero-order chi connectivity index (χ0) is 18.1. The van der Waals surface area contributed by atoms with Gasteiger partial charge in [-0.15, -0.1) is 0 Å². The van der Waals surface area contributed by atoms with E-state index >= 15 is 0 Å². The first-order chi connectivity index (χ1) is 12.6. The maximum absolute atomic E-state index is 12.9. The average Bonchev–Trinajstić information content (AvgIpc) is 3.31. The smallest absolute Gasteiger partial charge is 0.256 e. The van der Waals surface area contributed by atoms with Gasteiger partial charge in [-0.2, -0.15) is 4.98 Å². The van der Waals surface area contributed by atoms with Crippen LogP contribution in [-0.2, 0) is 0 Å². The van der Waals surface area contributed by atoms with Gasteiger partial charge in [-0.1, -0.05) is 35.0 Å². The van der Waals surface area contributed by atoms with Crippen molar-refractivity contribution in [2.24, 2.45) is 0 Å². The molecule has 0 saturated carbocycles. The van der Waals surface area contributed by atoms with Crippen molar-refractivity contribution in [2.75, 3.05) is 6.54 Å². The van der Waals surface area contributed by atoms with Gasteiger partial charge in [0.05, 0.1) is 5.56 Å². The van der Waals surface area contributed by atoms with E-state index in [1.54, 1.807) is 23.4 Å². The van der Waals surface area contributed by atoms with E-state index in [0.29, 0.717) is 23.8 Å². The summed E-state index contributed by atoms with van der Waals surface area (Å²) in [6.45, 7) is 2.70. The van der Waals surface area contributed by atoms with Crippen molar-refractivity contribution in [3.63, 3.8) is 0 Å². The van der Waals surface area contributed by atoms with E-state index in [0.717, 1.165) is 22.9 Å². The first-order valence-corrected chi connectivity index (χ1v) is 9.23. The number of nitrogens with zero attached hydrogens (tertiary/aromatic N) is 4. The molecule has 1 amide bonds. The molecular formula is C19H17BrN4O2. The van der Waals surface area contributed by atoms with Crippen molar-refractivity contribution < 1.29 is 9.32 Å². The van der Waals surface area contributed by atoms with Crippen molar-refractivity contribution in [1.29, 1.82) is 0 Å². The zero-order valence-corrected chi connectivity index (χ0v) is 15.8. The number of hydrogen-bond acceptors (Lipinski definition) is 5. The molecule has 1 saturated heterocycles. The zero-order valence-electron chi connectivity index (χ0n) is 14.2. The predicted molar refractivity (Wildman–Crippen MR) is 99.4 cm³/mol. The summed E-state index contributed by atoms with van der Waals surface area (Å²) in [7, 11) is 0. The summed E-state index contributed by atoms with van der Waals surface area (Å²) in [5.41, 5.74) is 2.62. The van der Waals surface area contributed by atoms with Gasteiger partial charge in [0.25, 0.3) is 5.91 Å². The van der Waals surface area contributed by atoms with Crippen LogP contribution in [0.25, 0.3) is 11.4 Å². The Bertz CT molecular complexity index is 939. The normalized spacial score (nSPS) is 16.8. The van der Waals surface area contributed by atoms with Gasteiger partial charge in [0.2, 0.25) is 11.7 Å². The molecular weight excluding hydrogens is 396 g/mol. The fraction of sp³-hybridized carbons (Fsp3) is 0.263. The van der Waals surface area contributed by atoms with E-state index < -0.39 is 0 Å². The molecule has 7 heteroatoms. The molecule has 0 radical (unpaired) electrons. The lowest BCUT2D eigenvalue weighted by Gasteiger charge is -2.21. The molecule has 1 aliphatic rings. The Morgan fingerprint density at radius 3 is 2.85 bits per heavy atom. The van der Waals surface area contributed by atoms with Crippen LogP contribution in [-0.4, -0.2) is 32.5 Å². The minimum absolute atomic E-state index is 0.0728. The molecule has 1 aromatic carbocycles. The van der Waals surface area contributed by atoms with Crippen LogP contribution in [0.15, 0.2) is 51.7 Å². The van der Waals surface area contributed by atoms with Crippen molar-refractivity contribution in [2.45, 2.75) is 25.8 Å². The monoisotopic (exact) mass is 412 g/mol. The number of rotatable bonds is 3. The first-order valence-electron chi connectivity index (χ1n) is 8.44. The summed E-state index contributed by atoms with van der Waals surface area (Å²) in [6, 6.07) is 9.53. The number of aryl methyl sites for hydroxylation is 1. The van der Waals surface area contributed by atoms with E-state index in [9.17, 15) is 4.79 Å². The fourth-order valence-electron chi connectivity index (χ4n) is 3.15. The van der Waals surface area contributed by atoms with E-state index in [1.807, 2.05) is 31.2 Å². The number of carbonyl (C=O) groups is 1. The lowest BCUT2D eigenvalue weighted by molar-refractivity contribution is 0.0709. The Hall–Kier alpha value is -2.54. The second kappa shape index (κ2) is 6.99. The predicted octanol–water partition coefficient (Wildman–Crippen LogP) is 4.18. The topological polar surface area (TPSA) is 72.1 Å². The maximum Gasteiger partial charge on any atom is 0.256 e. The second-order valence-electron chi connectivity index (χ2n) is 6.37. The SMILES string of the molecule is Cc1ccc(-c2noc([C@@H]3CCCN3C(=O)c3cncc(Br)c3)n2)cc1. The molecule has 1 atom stereocenters. The molecule has 3 aromatic rings. The number of amides is 1. The van der Waals surface area contributed by atoms with Crippen LogP contribution < -0.4 is 0 Å². The molecule has 3 heterocycles. The highest BCUT2D eigenvalue weighted by atomic mass is 79.9. The molecule has 0 spiro atoms. The molecule has 4 rings (SSSR count). The number of pyridine rings is 1. The Morgan fingerprint density at radius 1 is 1.27 bits per heavy atom. The molecule has 1 aliphatic heterocycles. The van der Waals surface area contributed by atoms with Crippen LogP contribution in [0.5, 0.6) is 0 Å². The molecule has 0 unspecified atom stereocenters. The molecule has 26 heavy (non-hydrogen) atoms. The van der Waals surface area contributed by atoms with E-state index in [4.69, 9.17) is 4.52 Å². The summed E-state index contributed by atoms with van der Waals surface area (Å²) in [4.78, 5) is 23.3. The van der Waals surface area contributed by atoms with Gasteiger partial charge in [-0.05, 0) is 41.8 Å². The lowest BCUT2D eigenvalue weighted by Crippen LogP contribution is -2.30. The van der Waals surface area contributed by atoms with Crippen LogP contribution in [0.1, 0.15) is 40.7 Å². The Labute approximate surface area is 159 Å². The maximum atomic E-state index is 12.9. The Morgan fingerprint density at radius 2 is 2.08 bits per heavy atom. The van der Waals surface area contributed by atoms with Gasteiger partial charge in [0.1, 0.15) is 6.04 Å². The van der Waals surface area contributed by atoms with Crippen LogP contribution in [0.3, 0.4) is 0 Å². The van der Waals surface area contributed by atoms with Gasteiger partial charge in [-0.3, -0.25) is 9.78 Å². The van der Waals surface area contributed by atoms with Crippen molar-refractivity contribution in [1.82, 2.24) is 20.0 Å². The van der Waals surface area contributed by atoms with Crippen molar-refractivity contribution >= 4 is 21.8 Å². The molecule has 2 aromatic heterocycles. The van der Waals surface area contributed by atoms with Crippen LogP contribution in [0.4, 0.5) is 0 Å². The highest BCUT2D eigenvalue weighted by molar-refractivity contribution is 9.10. The third-order valence-corrected chi connectivity index (χ3v) is 4.94. The number of benzene rings is 1. The number of halogens is 1. The molecule has 6 nitrogen and oxygen atoms in total. The number of carbonyl (C=O) groups excluding carboxylic acids is 1.